The lowest BCUT2D eigenvalue weighted by molar-refractivity contribution is -0.121. The quantitative estimate of drug-likeness (QED) is 0.881. The van der Waals surface area contributed by atoms with E-state index in [1.807, 2.05) is 18.3 Å². The highest BCUT2D eigenvalue weighted by molar-refractivity contribution is 5.81. The van der Waals surface area contributed by atoms with Crippen LogP contribution in [-0.4, -0.2) is 30.5 Å². The summed E-state index contributed by atoms with van der Waals surface area (Å²) < 4.78 is 0. The normalized spacial score (nSPS) is 18.0. The number of hydrogen-bond acceptors (Lipinski definition) is 3. The van der Waals surface area contributed by atoms with Crippen LogP contribution in [0.4, 0.5) is 0 Å². The molecule has 3 rings (SSSR count). The zero-order valence-corrected chi connectivity index (χ0v) is 12.1. The van der Waals surface area contributed by atoms with E-state index in [0.717, 1.165) is 36.8 Å². The number of pyridine rings is 1. The lowest BCUT2D eigenvalue weighted by Gasteiger charge is -2.10. The summed E-state index contributed by atoms with van der Waals surface area (Å²) in [4.78, 5) is 16.3. The van der Waals surface area contributed by atoms with E-state index in [-0.39, 0.29) is 5.91 Å². The molecule has 0 saturated carbocycles. The van der Waals surface area contributed by atoms with Crippen molar-refractivity contribution in [1.29, 1.82) is 0 Å². The maximum atomic E-state index is 11.9. The maximum Gasteiger partial charge on any atom is 0.220 e. The molecule has 1 aromatic carbocycles. The number of carbonyl (C=O) groups excluding carboxylic acids is 1. The summed E-state index contributed by atoms with van der Waals surface area (Å²) in [6, 6.07) is 10.2. The van der Waals surface area contributed by atoms with Gasteiger partial charge in [0.15, 0.2) is 0 Å². The molecule has 2 heterocycles. The number of hydrogen-bond donors (Lipinski definition) is 2. The highest BCUT2D eigenvalue weighted by atomic mass is 16.1. The predicted molar refractivity (Wildman–Crippen MR) is 84.1 cm³/mol. The van der Waals surface area contributed by atoms with E-state index in [1.54, 1.807) is 0 Å². The Hall–Kier alpha value is -1.94. The van der Waals surface area contributed by atoms with Gasteiger partial charge in [0.1, 0.15) is 0 Å². The van der Waals surface area contributed by atoms with Crippen LogP contribution in [0.5, 0.6) is 0 Å². The molecule has 1 atom stereocenters. The fourth-order valence-corrected chi connectivity index (χ4v) is 2.93. The van der Waals surface area contributed by atoms with Crippen LogP contribution < -0.4 is 10.6 Å². The zero-order chi connectivity index (χ0) is 14.5. The average molecular weight is 283 g/mol. The van der Waals surface area contributed by atoms with Crippen LogP contribution in [0.25, 0.3) is 10.9 Å². The van der Waals surface area contributed by atoms with E-state index in [9.17, 15) is 4.79 Å². The smallest absolute Gasteiger partial charge is 0.220 e. The Bertz CT molecular complexity index is 615. The minimum atomic E-state index is 0.164. The zero-order valence-electron chi connectivity index (χ0n) is 12.1. The van der Waals surface area contributed by atoms with Crippen molar-refractivity contribution in [2.75, 3.05) is 19.6 Å². The Morgan fingerprint density at radius 3 is 3.10 bits per heavy atom. The number of rotatable bonds is 5. The van der Waals surface area contributed by atoms with Crippen LogP contribution in [0.3, 0.4) is 0 Å². The number of nitrogens with zero attached hydrogens (tertiary/aromatic N) is 1. The molecule has 0 bridgehead atoms. The van der Waals surface area contributed by atoms with Crippen LogP contribution in [-0.2, 0) is 11.2 Å². The molecule has 1 unspecified atom stereocenters. The molecule has 1 aliphatic heterocycles. The molecule has 1 saturated heterocycles. The maximum absolute atomic E-state index is 11.9. The summed E-state index contributed by atoms with van der Waals surface area (Å²) >= 11 is 0. The van der Waals surface area contributed by atoms with Crippen molar-refractivity contribution >= 4 is 16.8 Å². The van der Waals surface area contributed by atoms with Gasteiger partial charge in [-0.2, -0.15) is 0 Å². The number of nitrogens with one attached hydrogen (secondary N) is 2. The summed E-state index contributed by atoms with van der Waals surface area (Å²) in [6.45, 7) is 2.69. The predicted octanol–water partition coefficient (Wildman–Crippen LogP) is 1.89. The van der Waals surface area contributed by atoms with Gasteiger partial charge in [-0.05, 0) is 43.5 Å². The fraction of sp³-hybridized carbons (Fsp3) is 0.412. The van der Waals surface area contributed by atoms with Gasteiger partial charge in [0, 0.05) is 24.5 Å². The monoisotopic (exact) mass is 283 g/mol. The molecule has 4 heteroatoms. The fourth-order valence-electron chi connectivity index (χ4n) is 2.93. The standard InChI is InChI=1S/C17H21N3O/c21-16(11-13-6-9-18-12-13)19-10-7-15-4-1-3-14-5-2-8-20-17(14)15/h1-5,8,13,18H,6-7,9-12H2,(H,19,21). The first-order valence-electron chi connectivity index (χ1n) is 7.63. The van der Waals surface area contributed by atoms with Crippen molar-refractivity contribution in [3.63, 3.8) is 0 Å². The molecular formula is C17H21N3O. The molecule has 2 N–H and O–H groups in total. The minimum Gasteiger partial charge on any atom is -0.356 e. The average Bonchev–Trinajstić information content (AvgIpc) is 3.00. The molecule has 110 valence electrons. The Labute approximate surface area is 125 Å². The second-order valence-corrected chi connectivity index (χ2v) is 5.66. The molecule has 1 aromatic heterocycles. The lowest BCUT2D eigenvalue weighted by atomic mass is 10.0. The second-order valence-electron chi connectivity index (χ2n) is 5.66. The van der Waals surface area contributed by atoms with E-state index in [2.05, 4.69) is 33.8 Å². The molecule has 1 fully saturated rings. The number of para-hydroxylation sites is 1. The molecule has 1 aliphatic rings. The highest BCUT2D eigenvalue weighted by Crippen LogP contribution is 2.16. The summed E-state index contributed by atoms with van der Waals surface area (Å²) in [7, 11) is 0. The summed E-state index contributed by atoms with van der Waals surface area (Å²) in [5, 5.41) is 7.47. The third-order valence-corrected chi connectivity index (χ3v) is 4.07. The largest absolute Gasteiger partial charge is 0.356 e. The first kappa shape index (κ1) is 14.0. The topological polar surface area (TPSA) is 54.0 Å². The Morgan fingerprint density at radius 2 is 2.24 bits per heavy atom. The van der Waals surface area contributed by atoms with Gasteiger partial charge in [0.25, 0.3) is 0 Å². The summed E-state index contributed by atoms with van der Waals surface area (Å²) in [6.07, 6.45) is 4.39. The molecule has 0 aliphatic carbocycles. The van der Waals surface area contributed by atoms with E-state index in [0.29, 0.717) is 18.9 Å². The first-order chi connectivity index (χ1) is 10.3. The third-order valence-electron chi connectivity index (χ3n) is 4.07. The Kier molecular flexibility index (Phi) is 4.46. The van der Waals surface area contributed by atoms with E-state index in [4.69, 9.17) is 0 Å². The van der Waals surface area contributed by atoms with Crippen molar-refractivity contribution in [2.24, 2.45) is 5.92 Å². The van der Waals surface area contributed by atoms with Crippen molar-refractivity contribution in [2.45, 2.75) is 19.3 Å². The Morgan fingerprint density at radius 1 is 1.33 bits per heavy atom. The number of carbonyl (C=O) groups is 1. The van der Waals surface area contributed by atoms with E-state index >= 15 is 0 Å². The number of amides is 1. The number of benzene rings is 1. The molecule has 21 heavy (non-hydrogen) atoms. The van der Waals surface area contributed by atoms with Gasteiger partial charge < -0.3 is 10.6 Å². The summed E-state index contributed by atoms with van der Waals surface area (Å²) in [5.74, 6) is 0.668. The van der Waals surface area contributed by atoms with Crippen LogP contribution in [0.2, 0.25) is 0 Å². The van der Waals surface area contributed by atoms with Crippen LogP contribution in [0.15, 0.2) is 36.5 Å². The molecule has 4 nitrogen and oxygen atoms in total. The lowest BCUT2D eigenvalue weighted by Crippen LogP contribution is -2.28. The van der Waals surface area contributed by atoms with E-state index in [1.165, 1.54) is 5.56 Å². The first-order valence-corrected chi connectivity index (χ1v) is 7.63. The van der Waals surface area contributed by atoms with Gasteiger partial charge in [-0.1, -0.05) is 24.3 Å². The van der Waals surface area contributed by atoms with E-state index < -0.39 is 0 Å². The number of fused-ring (bicyclic) bond motifs is 1. The van der Waals surface area contributed by atoms with Crippen LogP contribution in [0, 0.1) is 5.92 Å². The van der Waals surface area contributed by atoms with Gasteiger partial charge in [0.2, 0.25) is 5.91 Å². The highest BCUT2D eigenvalue weighted by Gasteiger charge is 2.17. The van der Waals surface area contributed by atoms with Crippen molar-refractivity contribution in [3.05, 3.63) is 42.1 Å². The van der Waals surface area contributed by atoms with Gasteiger partial charge in [-0.25, -0.2) is 0 Å². The van der Waals surface area contributed by atoms with Crippen molar-refractivity contribution in [3.8, 4) is 0 Å². The molecule has 1 amide bonds. The van der Waals surface area contributed by atoms with Gasteiger partial charge in [-0.15, -0.1) is 0 Å². The minimum absolute atomic E-state index is 0.164. The molecular weight excluding hydrogens is 262 g/mol. The number of aromatic nitrogens is 1. The van der Waals surface area contributed by atoms with Gasteiger partial charge in [0.05, 0.1) is 5.52 Å². The second kappa shape index (κ2) is 6.68. The van der Waals surface area contributed by atoms with Gasteiger partial charge in [-0.3, -0.25) is 9.78 Å². The third kappa shape index (κ3) is 3.58. The SMILES string of the molecule is O=C(CC1CCNC1)NCCc1cccc2cccnc12. The summed E-state index contributed by atoms with van der Waals surface area (Å²) in [5.41, 5.74) is 2.23. The van der Waals surface area contributed by atoms with Gasteiger partial charge >= 0.3 is 0 Å². The van der Waals surface area contributed by atoms with Crippen LogP contribution >= 0.6 is 0 Å². The van der Waals surface area contributed by atoms with Crippen molar-refractivity contribution in [1.82, 2.24) is 15.6 Å². The van der Waals surface area contributed by atoms with Crippen LogP contribution in [0.1, 0.15) is 18.4 Å². The van der Waals surface area contributed by atoms with Crippen molar-refractivity contribution < 1.29 is 4.79 Å². The molecule has 2 aromatic rings. The molecule has 0 radical (unpaired) electrons. The Balaban J connectivity index is 1.53. The molecule has 0 spiro atoms.